The molecule has 0 amide bonds. The van der Waals surface area contributed by atoms with Gasteiger partial charge in [0, 0.05) is 27.8 Å². The van der Waals surface area contributed by atoms with Crippen LogP contribution in [0.25, 0.3) is 35.1 Å². The zero-order valence-electron chi connectivity index (χ0n) is 16.1. The second-order valence-corrected chi connectivity index (χ2v) is 6.42. The van der Waals surface area contributed by atoms with Gasteiger partial charge in [-0.1, -0.05) is 80.9 Å². The van der Waals surface area contributed by atoms with E-state index in [0.29, 0.717) is 0 Å². The first-order valence-electron chi connectivity index (χ1n) is 9.02. The van der Waals surface area contributed by atoms with Gasteiger partial charge in [0.15, 0.2) is 0 Å². The molecule has 2 heteroatoms. The molecule has 0 spiro atoms. The second kappa shape index (κ2) is 8.36. The smallest absolute Gasteiger partial charge is 0.145 e. The van der Waals surface area contributed by atoms with E-state index in [4.69, 9.17) is 4.42 Å². The summed E-state index contributed by atoms with van der Waals surface area (Å²) in [6.45, 7) is 17.8. The first kappa shape index (κ1) is 19.1. The average Bonchev–Trinajstić information content (AvgIpc) is 3.05. The topological polar surface area (TPSA) is 25.5 Å². The zero-order valence-corrected chi connectivity index (χ0v) is 16.1. The summed E-state index contributed by atoms with van der Waals surface area (Å²) >= 11 is 0. The monoisotopic (exact) mass is 365 g/mol. The van der Waals surface area contributed by atoms with Gasteiger partial charge >= 0.3 is 0 Å². The molecule has 0 N–H and O–H groups in total. The number of aliphatic imine (C=N–C) groups is 1. The van der Waals surface area contributed by atoms with Crippen LogP contribution < -0.4 is 10.4 Å². The summed E-state index contributed by atoms with van der Waals surface area (Å²) in [5.41, 5.74) is 4.28. The van der Waals surface area contributed by atoms with Crippen LogP contribution in [-0.2, 0) is 0 Å². The van der Waals surface area contributed by atoms with Gasteiger partial charge in [0.05, 0.1) is 5.71 Å². The van der Waals surface area contributed by atoms with Crippen LogP contribution in [0.2, 0.25) is 0 Å². The fourth-order valence-corrected chi connectivity index (χ4v) is 3.12. The van der Waals surface area contributed by atoms with E-state index in [2.05, 4.69) is 43.4 Å². The van der Waals surface area contributed by atoms with E-state index in [1.54, 1.807) is 6.08 Å². The van der Waals surface area contributed by atoms with Crippen molar-refractivity contribution in [2.75, 3.05) is 0 Å². The van der Waals surface area contributed by atoms with Crippen molar-refractivity contribution in [2.24, 2.45) is 4.99 Å². The van der Waals surface area contributed by atoms with Gasteiger partial charge in [0.25, 0.3) is 0 Å². The second-order valence-electron chi connectivity index (χ2n) is 6.42. The fourth-order valence-electron chi connectivity index (χ4n) is 3.12. The lowest BCUT2D eigenvalue weighted by atomic mass is 9.99. The van der Waals surface area contributed by atoms with Gasteiger partial charge in [-0.25, -0.2) is 0 Å². The summed E-state index contributed by atoms with van der Waals surface area (Å²) in [7, 11) is 0. The average molecular weight is 365 g/mol. The highest BCUT2D eigenvalue weighted by molar-refractivity contribution is 6.20. The summed E-state index contributed by atoms with van der Waals surface area (Å²) in [5, 5.41) is 3.70. The van der Waals surface area contributed by atoms with Crippen LogP contribution in [0.4, 0.5) is 0 Å². The molecule has 2 nitrogen and oxygen atoms in total. The molecular formula is C26H23NO. The van der Waals surface area contributed by atoms with Crippen LogP contribution >= 0.6 is 0 Å². The lowest BCUT2D eigenvalue weighted by Crippen LogP contribution is -2.00. The maximum absolute atomic E-state index is 6.36. The molecule has 0 atom stereocenters. The van der Waals surface area contributed by atoms with Crippen LogP contribution in [0, 0.1) is 6.92 Å². The molecule has 0 saturated carbocycles. The quantitative estimate of drug-likeness (QED) is 0.442. The summed E-state index contributed by atoms with van der Waals surface area (Å²) in [6, 6.07) is 15.9. The zero-order chi connectivity index (χ0) is 20.1. The predicted octanol–water partition coefficient (Wildman–Crippen LogP) is 5.51. The van der Waals surface area contributed by atoms with E-state index >= 15 is 0 Å². The summed E-state index contributed by atoms with van der Waals surface area (Å²) in [6.07, 6.45) is 7.01. The molecule has 0 saturated heterocycles. The third-order valence-electron chi connectivity index (χ3n) is 4.46. The van der Waals surface area contributed by atoms with E-state index in [9.17, 15) is 0 Å². The molecule has 0 unspecified atom stereocenters. The maximum Gasteiger partial charge on any atom is 0.145 e. The third-order valence-corrected chi connectivity index (χ3v) is 4.46. The molecule has 0 aliphatic rings. The van der Waals surface area contributed by atoms with Crippen molar-refractivity contribution in [1.29, 1.82) is 0 Å². The molecule has 1 aromatic heterocycles. The Balaban J connectivity index is 2.54. The molecule has 2 aromatic carbocycles. The summed E-state index contributed by atoms with van der Waals surface area (Å²) < 4.78 is 6.36. The van der Waals surface area contributed by atoms with Crippen molar-refractivity contribution in [2.45, 2.75) is 6.92 Å². The number of aryl methyl sites for hydroxylation is 1. The molecular weight excluding hydrogens is 342 g/mol. The molecule has 0 bridgehead atoms. The molecule has 3 aromatic rings. The van der Waals surface area contributed by atoms with Gasteiger partial charge in [0.1, 0.15) is 11.2 Å². The minimum Gasteiger partial charge on any atom is -0.455 e. The third kappa shape index (κ3) is 3.72. The van der Waals surface area contributed by atoms with E-state index in [1.165, 1.54) is 6.20 Å². The largest absolute Gasteiger partial charge is 0.455 e. The number of hydrogen-bond acceptors (Lipinski definition) is 2. The van der Waals surface area contributed by atoms with Crippen molar-refractivity contribution in [3.05, 3.63) is 108 Å². The first-order valence-corrected chi connectivity index (χ1v) is 9.02. The van der Waals surface area contributed by atoms with E-state index in [-0.39, 0.29) is 0 Å². The molecule has 0 radical (unpaired) electrons. The highest BCUT2D eigenvalue weighted by Crippen LogP contribution is 2.31. The first-order chi connectivity index (χ1) is 13.6. The van der Waals surface area contributed by atoms with Gasteiger partial charge in [-0.15, -0.1) is 0 Å². The number of furan rings is 1. The van der Waals surface area contributed by atoms with Crippen LogP contribution in [0.3, 0.4) is 0 Å². The number of benzene rings is 1. The van der Waals surface area contributed by atoms with Crippen LogP contribution in [0.15, 0.2) is 95.5 Å². The molecule has 0 fully saturated rings. The summed E-state index contributed by atoms with van der Waals surface area (Å²) in [5.74, 6) is 0. The van der Waals surface area contributed by atoms with Crippen LogP contribution in [0.5, 0.6) is 0 Å². The molecule has 1 heterocycles. The van der Waals surface area contributed by atoms with Crippen molar-refractivity contribution in [3.63, 3.8) is 0 Å². The van der Waals surface area contributed by atoms with Crippen LogP contribution in [0.1, 0.15) is 11.1 Å². The molecule has 0 aliphatic carbocycles. The Morgan fingerprint density at radius 3 is 2.39 bits per heavy atom. The van der Waals surface area contributed by atoms with Crippen molar-refractivity contribution < 1.29 is 4.42 Å². The number of fused-ring (bicyclic) bond motifs is 3. The molecule has 3 rings (SSSR count). The highest BCUT2D eigenvalue weighted by atomic mass is 16.3. The number of rotatable bonds is 4. The maximum atomic E-state index is 6.36. The van der Waals surface area contributed by atoms with Crippen molar-refractivity contribution in [1.82, 2.24) is 0 Å². The lowest BCUT2D eigenvalue weighted by molar-refractivity contribution is 0.665. The standard InChI is InChI=1S/C26H23NO/c1-6-8-13-23(27-7-2)24-19(4)15-17-22-21-16-14-18(3)11-9-10-12-20(5)25(21)28-26(22)24/h6-17H,1-3,5H2,4H3/b11-9?,12-10?,13-8-,16-14?,27-23?. The van der Waals surface area contributed by atoms with Crippen molar-refractivity contribution >= 4 is 40.8 Å². The summed E-state index contributed by atoms with van der Waals surface area (Å²) in [4.78, 5) is 4.45. The Labute approximate surface area is 165 Å². The fraction of sp³-hybridized carbons (Fsp3) is 0.0385. The van der Waals surface area contributed by atoms with Gasteiger partial charge in [-0.3, -0.25) is 4.99 Å². The van der Waals surface area contributed by atoms with Gasteiger partial charge in [-0.05, 0) is 29.8 Å². The SMILES string of the molecule is C=C/C=C\C(=NC=C)c1c(C)ccc2c1oc1c(=C)ccccc(=C)ccc12. The van der Waals surface area contributed by atoms with Crippen LogP contribution in [-0.4, -0.2) is 5.71 Å². The van der Waals surface area contributed by atoms with E-state index < -0.39 is 0 Å². The Kier molecular flexibility index (Phi) is 5.71. The Bertz CT molecular complexity index is 1290. The number of hydrogen-bond donors (Lipinski definition) is 0. The molecule has 0 aliphatic heterocycles. The molecule has 138 valence electrons. The van der Waals surface area contributed by atoms with E-state index in [1.807, 2.05) is 55.5 Å². The minimum atomic E-state index is 0.739. The van der Waals surface area contributed by atoms with Crippen molar-refractivity contribution in [3.8, 4) is 0 Å². The number of allylic oxidation sites excluding steroid dienone is 3. The molecule has 28 heavy (non-hydrogen) atoms. The Morgan fingerprint density at radius 2 is 1.64 bits per heavy atom. The van der Waals surface area contributed by atoms with Gasteiger partial charge in [0.2, 0.25) is 0 Å². The highest BCUT2D eigenvalue weighted by Gasteiger charge is 2.15. The van der Waals surface area contributed by atoms with Gasteiger partial charge < -0.3 is 4.42 Å². The predicted molar refractivity (Wildman–Crippen MR) is 122 cm³/mol. The van der Waals surface area contributed by atoms with E-state index in [0.717, 1.165) is 49.2 Å². The minimum absolute atomic E-state index is 0.739. The number of nitrogens with zero attached hydrogens (tertiary/aromatic N) is 1. The van der Waals surface area contributed by atoms with Gasteiger partial charge in [-0.2, -0.15) is 0 Å². The Hall–Kier alpha value is -3.65. The lowest BCUT2D eigenvalue weighted by Gasteiger charge is -2.06. The Morgan fingerprint density at radius 1 is 0.929 bits per heavy atom. The normalized spacial score (nSPS) is 11.7.